The van der Waals surface area contributed by atoms with Crippen molar-refractivity contribution in [2.75, 3.05) is 37.6 Å². The van der Waals surface area contributed by atoms with Crippen LogP contribution in [-0.2, 0) is 0 Å². The number of fused-ring (bicyclic) bond motifs is 1. The molecular formula is C23H22N8S. The predicted molar refractivity (Wildman–Crippen MR) is 129 cm³/mol. The smallest absolute Gasteiger partial charge is 0.167 e. The molecule has 0 amide bonds. The van der Waals surface area contributed by atoms with E-state index in [4.69, 9.17) is 9.97 Å². The Bertz CT molecular complexity index is 1360. The fourth-order valence-corrected chi connectivity index (χ4v) is 5.42. The zero-order chi connectivity index (χ0) is 21.5. The fourth-order valence-electron chi connectivity index (χ4n) is 4.28. The first-order valence-electron chi connectivity index (χ1n) is 10.7. The van der Waals surface area contributed by atoms with Crippen LogP contribution in [0.5, 0.6) is 0 Å². The lowest BCUT2D eigenvalue weighted by Gasteiger charge is -2.29. The van der Waals surface area contributed by atoms with Crippen molar-refractivity contribution in [1.29, 1.82) is 0 Å². The second-order valence-corrected chi connectivity index (χ2v) is 8.77. The first kappa shape index (κ1) is 19.3. The Morgan fingerprint density at radius 3 is 2.84 bits per heavy atom. The van der Waals surface area contributed by atoms with Crippen molar-refractivity contribution in [1.82, 2.24) is 24.9 Å². The number of aromatic nitrogens is 4. The topological polar surface area (TPSA) is 83.1 Å². The molecule has 1 N–H and O–H groups in total. The van der Waals surface area contributed by atoms with Gasteiger partial charge in [0.1, 0.15) is 10.8 Å². The molecule has 4 aromatic heterocycles. The summed E-state index contributed by atoms with van der Waals surface area (Å²) in [6.45, 7) is 6.37. The molecule has 2 aliphatic heterocycles. The summed E-state index contributed by atoms with van der Waals surface area (Å²) >= 11 is 1.63. The van der Waals surface area contributed by atoms with E-state index in [1.165, 1.54) is 0 Å². The van der Waals surface area contributed by atoms with Gasteiger partial charge >= 0.3 is 0 Å². The minimum Gasteiger partial charge on any atom is -0.354 e. The first-order valence-corrected chi connectivity index (χ1v) is 11.5. The van der Waals surface area contributed by atoms with Gasteiger partial charge in [-0.05, 0) is 31.2 Å². The number of piperazine rings is 1. The molecule has 2 aliphatic rings. The molecule has 1 saturated heterocycles. The van der Waals surface area contributed by atoms with E-state index in [-0.39, 0.29) is 0 Å². The monoisotopic (exact) mass is 442 g/mol. The highest BCUT2D eigenvalue weighted by Crippen LogP contribution is 2.40. The number of hydrogen-bond donors (Lipinski definition) is 1. The molecule has 6 rings (SSSR count). The summed E-state index contributed by atoms with van der Waals surface area (Å²) in [4.78, 5) is 22.4. The fraction of sp³-hybridized carbons (Fsp3) is 0.261. The first-order chi connectivity index (χ1) is 15.8. The number of amidine groups is 1. The number of nitrogens with zero attached hydrogens (tertiary/aromatic N) is 7. The minimum absolute atomic E-state index is 0.607. The molecular weight excluding hydrogens is 420 g/mol. The minimum atomic E-state index is 0.607. The van der Waals surface area contributed by atoms with Gasteiger partial charge in [0.2, 0.25) is 0 Å². The summed E-state index contributed by atoms with van der Waals surface area (Å²) in [6, 6.07) is 10.2. The van der Waals surface area contributed by atoms with Crippen molar-refractivity contribution >= 4 is 34.7 Å². The van der Waals surface area contributed by atoms with Crippen molar-refractivity contribution in [3.05, 3.63) is 53.3 Å². The van der Waals surface area contributed by atoms with Crippen molar-refractivity contribution in [2.45, 2.75) is 6.92 Å². The van der Waals surface area contributed by atoms with E-state index in [1.54, 1.807) is 11.3 Å². The van der Waals surface area contributed by atoms with Crippen LogP contribution in [0.3, 0.4) is 0 Å². The Labute approximate surface area is 189 Å². The summed E-state index contributed by atoms with van der Waals surface area (Å²) in [7, 11) is 0. The maximum atomic E-state index is 5.16. The van der Waals surface area contributed by atoms with Gasteiger partial charge in [-0.3, -0.25) is 4.99 Å². The van der Waals surface area contributed by atoms with E-state index >= 15 is 0 Å². The molecule has 0 bridgehead atoms. The Morgan fingerprint density at radius 2 is 2.00 bits per heavy atom. The number of aryl methyl sites for hydroxylation is 1. The molecule has 0 aromatic carbocycles. The highest BCUT2D eigenvalue weighted by molar-refractivity contribution is 7.17. The number of aliphatic imine (C=N–C) groups is 2. The summed E-state index contributed by atoms with van der Waals surface area (Å²) in [5.74, 6) is 1.71. The maximum absolute atomic E-state index is 5.16. The molecule has 32 heavy (non-hydrogen) atoms. The lowest BCUT2D eigenvalue weighted by atomic mass is 10.1. The van der Waals surface area contributed by atoms with Crippen molar-refractivity contribution in [3.8, 4) is 21.8 Å². The van der Waals surface area contributed by atoms with Crippen molar-refractivity contribution < 1.29 is 0 Å². The van der Waals surface area contributed by atoms with Gasteiger partial charge in [-0.25, -0.2) is 19.5 Å². The number of pyridine rings is 2. The molecule has 8 nitrogen and oxygen atoms in total. The zero-order valence-electron chi connectivity index (χ0n) is 17.7. The highest BCUT2D eigenvalue weighted by Gasteiger charge is 2.26. The standard InChI is InChI=1S/C23H22N8S/c1-15-18(17-6-2-3-12-31(17)29-15)23-28-19(20(32-23)21-25-8-9-26-21)16-5-4-7-27-22(16)30-13-10-24-11-14-30/h2-8,12,24H,9-11,13-14H2,1H3. The lowest BCUT2D eigenvalue weighted by molar-refractivity contribution is 0.585. The Hall–Kier alpha value is -3.43. The van der Waals surface area contributed by atoms with E-state index in [1.807, 2.05) is 48.2 Å². The van der Waals surface area contributed by atoms with Crippen LogP contribution in [0.2, 0.25) is 0 Å². The van der Waals surface area contributed by atoms with Gasteiger partial charge in [0, 0.05) is 50.4 Å². The molecule has 0 radical (unpaired) electrons. The number of rotatable bonds is 4. The van der Waals surface area contributed by atoms with Crippen LogP contribution in [0.25, 0.3) is 27.3 Å². The Balaban J connectivity index is 1.55. The molecule has 9 heteroatoms. The average molecular weight is 443 g/mol. The molecule has 0 atom stereocenters. The summed E-state index contributed by atoms with van der Waals surface area (Å²) in [5.41, 5.74) is 4.96. The van der Waals surface area contributed by atoms with Crippen molar-refractivity contribution in [2.24, 2.45) is 9.98 Å². The molecule has 0 unspecified atom stereocenters. The third-order valence-corrected chi connectivity index (χ3v) is 6.82. The largest absolute Gasteiger partial charge is 0.354 e. The third-order valence-electron chi connectivity index (χ3n) is 5.75. The molecule has 0 spiro atoms. The van der Waals surface area contributed by atoms with E-state index < -0.39 is 0 Å². The van der Waals surface area contributed by atoms with Crippen LogP contribution < -0.4 is 10.2 Å². The number of hydrogen-bond acceptors (Lipinski definition) is 8. The molecule has 6 heterocycles. The predicted octanol–water partition coefficient (Wildman–Crippen LogP) is 3.07. The second-order valence-electron chi connectivity index (χ2n) is 7.78. The molecule has 0 saturated carbocycles. The quantitative estimate of drug-likeness (QED) is 0.525. The van der Waals surface area contributed by atoms with Gasteiger partial charge in [0.05, 0.1) is 33.9 Å². The molecule has 160 valence electrons. The van der Waals surface area contributed by atoms with Crippen LogP contribution >= 0.6 is 11.3 Å². The molecule has 4 aromatic rings. The van der Waals surface area contributed by atoms with E-state index in [2.05, 4.69) is 37.4 Å². The zero-order valence-corrected chi connectivity index (χ0v) is 18.5. The van der Waals surface area contributed by atoms with Crippen LogP contribution in [0.15, 0.2) is 52.7 Å². The van der Waals surface area contributed by atoms with Crippen LogP contribution in [0.4, 0.5) is 5.82 Å². The van der Waals surface area contributed by atoms with E-state index in [9.17, 15) is 0 Å². The van der Waals surface area contributed by atoms with Crippen molar-refractivity contribution in [3.63, 3.8) is 0 Å². The van der Waals surface area contributed by atoms with Gasteiger partial charge in [0.25, 0.3) is 0 Å². The SMILES string of the molecule is Cc1nn2ccccc2c1-c1nc(-c2cccnc2N2CCNCC2)c(C2=NCC=N2)s1. The van der Waals surface area contributed by atoms with Crippen LogP contribution in [-0.4, -0.2) is 64.4 Å². The van der Waals surface area contributed by atoms with E-state index in [0.29, 0.717) is 6.54 Å². The second kappa shape index (κ2) is 7.92. The third kappa shape index (κ3) is 3.21. The highest BCUT2D eigenvalue weighted by atomic mass is 32.1. The Morgan fingerprint density at radius 1 is 1.09 bits per heavy atom. The normalized spacial score (nSPS) is 16.2. The van der Waals surface area contributed by atoms with Crippen LogP contribution in [0.1, 0.15) is 10.6 Å². The summed E-state index contributed by atoms with van der Waals surface area (Å²) in [5, 5.41) is 9.03. The number of nitrogens with one attached hydrogen (secondary N) is 1. The van der Waals surface area contributed by atoms with Gasteiger partial charge in [-0.15, -0.1) is 11.3 Å². The Kier molecular flexibility index (Phi) is 4.77. The summed E-state index contributed by atoms with van der Waals surface area (Å²) in [6.07, 6.45) is 5.67. The summed E-state index contributed by atoms with van der Waals surface area (Å²) < 4.78 is 1.91. The maximum Gasteiger partial charge on any atom is 0.167 e. The van der Waals surface area contributed by atoms with Gasteiger partial charge in [-0.1, -0.05) is 6.07 Å². The number of thiazole rings is 1. The lowest BCUT2D eigenvalue weighted by Crippen LogP contribution is -2.44. The van der Waals surface area contributed by atoms with Crippen LogP contribution in [0, 0.1) is 6.92 Å². The van der Waals surface area contributed by atoms with E-state index in [0.717, 1.165) is 75.7 Å². The average Bonchev–Trinajstić information content (AvgIpc) is 3.57. The van der Waals surface area contributed by atoms with Gasteiger partial charge < -0.3 is 10.2 Å². The molecule has 0 aliphatic carbocycles. The number of anilines is 1. The van der Waals surface area contributed by atoms with Gasteiger partial charge in [0.15, 0.2) is 5.84 Å². The molecule has 1 fully saturated rings. The van der Waals surface area contributed by atoms with Gasteiger partial charge in [-0.2, -0.15) is 5.10 Å².